The van der Waals surface area contributed by atoms with Crippen LogP contribution in [0.3, 0.4) is 0 Å². The highest BCUT2D eigenvalue weighted by Crippen LogP contribution is 2.17. The van der Waals surface area contributed by atoms with Gasteiger partial charge in [-0.25, -0.2) is 26.3 Å². The molecular weight excluding hydrogens is 264 g/mol. The molecule has 6 nitrogen and oxygen atoms in total. The fourth-order valence-corrected chi connectivity index (χ4v) is 2.99. The smallest absolute Gasteiger partial charge is 0.225 e. The summed E-state index contributed by atoms with van der Waals surface area (Å²) in [6, 6.07) is 5.78. The lowest BCUT2D eigenvalue weighted by Crippen LogP contribution is -2.25. The fourth-order valence-electron chi connectivity index (χ4n) is 1.23. The van der Waals surface area contributed by atoms with E-state index in [0.29, 0.717) is 0 Å². The van der Waals surface area contributed by atoms with E-state index in [1.54, 1.807) is 6.07 Å². The van der Waals surface area contributed by atoms with Crippen molar-refractivity contribution in [3.63, 3.8) is 0 Å². The molecule has 0 spiro atoms. The average molecular weight is 278 g/mol. The van der Waals surface area contributed by atoms with Gasteiger partial charge >= 0.3 is 0 Å². The monoisotopic (exact) mass is 278 g/mol. The van der Waals surface area contributed by atoms with E-state index in [0.717, 1.165) is 4.31 Å². The van der Waals surface area contributed by atoms with Crippen LogP contribution in [-0.2, 0) is 25.8 Å². The molecule has 1 rings (SSSR count). The van der Waals surface area contributed by atoms with Gasteiger partial charge in [0.2, 0.25) is 20.0 Å². The van der Waals surface area contributed by atoms with Gasteiger partial charge in [0, 0.05) is 14.1 Å². The molecule has 0 radical (unpaired) electrons. The van der Waals surface area contributed by atoms with Crippen molar-refractivity contribution in [3.8, 4) is 0 Å². The van der Waals surface area contributed by atoms with Crippen molar-refractivity contribution < 1.29 is 16.8 Å². The summed E-state index contributed by atoms with van der Waals surface area (Å²) >= 11 is 0. The zero-order valence-corrected chi connectivity index (χ0v) is 11.1. The average Bonchev–Trinajstić information content (AvgIpc) is 2.15. The van der Waals surface area contributed by atoms with Gasteiger partial charge in [-0.1, -0.05) is 18.2 Å². The minimum Gasteiger partial charge on any atom is -0.225 e. The molecule has 96 valence electrons. The number of nitrogens with two attached hydrogens (primary N) is 1. The van der Waals surface area contributed by atoms with Crippen LogP contribution < -0.4 is 5.14 Å². The van der Waals surface area contributed by atoms with Crippen LogP contribution in [0.1, 0.15) is 5.56 Å². The topological polar surface area (TPSA) is 97.5 Å². The van der Waals surface area contributed by atoms with E-state index in [1.165, 1.54) is 32.3 Å². The molecule has 0 aliphatic heterocycles. The van der Waals surface area contributed by atoms with Gasteiger partial charge in [-0.15, -0.1) is 0 Å². The summed E-state index contributed by atoms with van der Waals surface area (Å²) in [5, 5.41) is 5.02. The predicted molar refractivity (Wildman–Crippen MR) is 64.1 cm³/mol. The Morgan fingerprint density at radius 3 is 2.12 bits per heavy atom. The van der Waals surface area contributed by atoms with Crippen molar-refractivity contribution in [2.75, 3.05) is 14.1 Å². The van der Waals surface area contributed by atoms with E-state index in [4.69, 9.17) is 5.14 Å². The van der Waals surface area contributed by atoms with Gasteiger partial charge in [0.25, 0.3) is 0 Å². The lowest BCUT2D eigenvalue weighted by molar-refractivity contribution is 0.519. The third kappa shape index (κ3) is 3.50. The molecule has 0 aromatic heterocycles. The standard InChI is InChI=1S/C9H14N2O4S2/c1-11(2)16(12,13)7-8-5-3-4-6-9(8)17(10,14)15/h3-6H,7H2,1-2H3,(H2,10,14,15). The molecule has 0 amide bonds. The number of nitrogens with zero attached hydrogens (tertiary/aromatic N) is 1. The molecule has 0 saturated heterocycles. The van der Waals surface area contributed by atoms with Crippen LogP contribution in [0.25, 0.3) is 0 Å². The molecule has 2 N–H and O–H groups in total. The SMILES string of the molecule is CN(C)S(=O)(=O)Cc1ccccc1S(N)(=O)=O. The second-order valence-corrected chi connectivity index (χ2v) is 7.40. The van der Waals surface area contributed by atoms with Gasteiger partial charge in [0.1, 0.15) is 0 Å². The third-order valence-electron chi connectivity index (χ3n) is 2.17. The molecule has 0 aliphatic rings. The van der Waals surface area contributed by atoms with Gasteiger partial charge < -0.3 is 0 Å². The summed E-state index contributed by atoms with van der Waals surface area (Å²) < 4.78 is 46.9. The Bertz CT molecular complexity index is 606. The minimum atomic E-state index is -3.91. The Morgan fingerprint density at radius 2 is 1.65 bits per heavy atom. The number of sulfonamides is 2. The molecule has 0 atom stereocenters. The van der Waals surface area contributed by atoms with Gasteiger partial charge in [-0.2, -0.15) is 0 Å². The molecule has 8 heteroatoms. The number of hydrogen-bond donors (Lipinski definition) is 1. The Hall–Kier alpha value is -0.960. The van der Waals surface area contributed by atoms with Gasteiger partial charge in [-0.05, 0) is 11.6 Å². The molecule has 0 bridgehead atoms. The molecule has 1 aromatic carbocycles. The first-order valence-corrected chi connectivity index (χ1v) is 7.81. The molecule has 0 aliphatic carbocycles. The van der Waals surface area contributed by atoms with Crippen LogP contribution >= 0.6 is 0 Å². The van der Waals surface area contributed by atoms with Crippen molar-refractivity contribution in [1.82, 2.24) is 4.31 Å². The maximum absolute atomic E-state index is 11.7. The van der Waals surface area contributed by atoms with E-state index in [1.807, 2.05) is 0 Å². The summed E-state index contributed by atoms with van der Waals surface area (Å²) in [5.41, 5.74) is 0.170. The van der Waals surface area contributed by atoms with Crippen molar-refractivity contribution >= 4 is 20.0 Å². The van der Waals surface area contributed by atoms with Gasteiger partial charge in [-0.3, -0.25) is 0 Å². The first kappa shape index (κ1) is 14.1. The largest absolute Gasteiger partial charge is 0.238 e. The second kappa shape index (κ2) is 4.73. The van der Waals surface area contributed by atoms with Crippen LogP contribution in [0.2, 0.25) is 0 Å². The molecule has 0 saturated carbocycles. The molecule has 17 heavy (non-hydrogen) atoms. The zero-order chi connectivity index (χ0) is 13.3. The van der Waals surface area contributed by atoms with Crippen LogP contribution in [0.5, 0.6) is 0 Å². The van der Waals surface area contributed by atoms with Crippen LogP contribution in [0.4, 0.5) is 0 Å². The summed E-state index contributed by atoms with van der Waals surface area (Å²) in [6.07, 6.45) is 0. The summed E-state index contributed by atoms with van der Waals surface area (Å²) in [7, 11) is -4.67. The van der Waals surface area contributed by atoms with Crippen molar-refractivity contribution in [3.05, 3.63) is 29.8 Å². The quantitative estimate of drug-likeness (QED) is 0.819. The zero-order valence-electron chi connectivity index (χ0n) is 9.49. The van der Waals surface area contributed by atoms with Gasteiger partial charge in [0.15, 0.2) is 0 Å². The highest BCUT2D eigenvalue weighted by atomic mass is 32.2. The van der Waals surface area contributed by atoms with E-state index in [2.05, 4.69) is 0 Å². The summed E-state index contributed by atoms with van der Waals surface area (Å²) in [4.78, 5) is -0.162. The maximum atomic E-state index is 11.7. The first-order valence-electron chi connectivity index (χ1n) is 4.65. The number of rotatable bonds is 4. The fraction of sp³-hybridized carbons (Fsp3) is 0.333. The molecule has 1 aromatic rings. The van der Waals surface area contributed by atoms with E-state index in [-0.39, 0.29) is 10.5 Å². The highest BCUT2D eigenvalue weighted by Gasteiger charge is 2.20. The first-order chi connectivity index (χ1) is 7.64. The molecule has 0 fully saturated rings. The number of benzene rings is 1. The maximum Gasteiger partial charge on any atom is 0.238 e. The Labute approximate surface area is 101 Å². The molecular formula is C9H14N2O4S2. The van der Waals surface area contributed by atoms with Crippen molar-refractivity contribution in [1.29, 1.82) is 0 Å². The van der Waals surface area contributed by atoms with Crippen LogP contribution in [0.15, 0.2) is 29.2 Å². The van der Waals surface area contributed by atoms with Crippen molar-refractivity contribution in [2.45, 2.75) is 10.6 Å². The van der Waals surface area contributed by atoms with Gasteiger partial charge in [0.05, 0.1) is 10.6 Å². The molecule has 0 heterocycles. The summed E-state index contributed by atoms with van der Waals surface area (Å²) in [5.74, 6) is -0.396. The number of primary sulfonamides is 1. The second-order valence-electron chi connectivity index (χ2n) is 3.69. The Morgan fingerprint density at radius 1 is 1.12 bits per heavy atom. The van der Waals surface area contributed by atoms with Crippen LogP contribution in [0, 0.1) is 0 Å². The van der Waals surface area contributed by atoms with Crippen LogP contribution in [-0.4, -0.2) is 35.2 Å². The minimum absolute atomic E-state index is 0.162. The van der Waals surface area contributed by atoms with E-state index in [9.17, 15) is 16.8 Å². The normalized spacial score (nSPS) is 12.9. The Kier molecular flexibility index (Phi) is 3.92. The van der Waals surface area contributed by atoms with Crippen molar-refractivity contribution in [2.24, 2.45) is 5.14 Å². The van der Waals surface area contributed by atoms with E-state index >= 15 is 0 Å². The van der Waals surface area contributed by atoms with E-state index < -0.39 is 25.8 Å². The summed E-state index contributed by atoms with van der Waals surface area (Å²) in [6.45, 7) is 0. The lowest BCUT2D eigenvalue weighted by atomic mass is 10.2. The predicted octanol–water partition coefficient (Wildman–Crippen LogP) is -0.275. The highest BCUT2D eigenvalue weighted by molar-refractivity contribution is 7.89. The number of hydrogen-bond acceptors (Lipinski definition) is 4. The molecule has 0 unspecified atom stereocenters. The Balaban J connectivity index is 3.27. The lowest BCUT2D eigenvalue weighted by Gasteiger charge is -2.13. The third-order valence-corrected chi connectivity index (χ3v) is 4.97.